The van der Waals surface area contributed by atoms with Gasteiger partial charge in [0.25, 0.3) is 0 Å². The Bertz CT molecular complexity index is 716. The molecular formula is C30H55NO4S. The normalized spacial score (nSPS) is 13.5. The molecule has 2 unspecified atom stereocenters. The van der Waals surface area contributed by atoms with Crippen molar-refractivity contribution in [2.45, 2.75) is 153 Å². The molecule has 0 saturated carbocycles. The summed E-state index contributed by atoms with van der Waals surface area (Å²) < 4.78 is 13.6. The first-order valence-electron chi connectivity index (χ1n) is 14.9. The van der Waals surface area contributed by atoms with E-state index in [0.717, 1.165) is 12.8 Å². The Hall–Kier alpha value is -1.27. The van der Waals surface area contributed by atoms with Crippen LogP contribution in [0.3, 0.4) is 0 Å². The van der Waals surface area contributed by atoms with E-state index in [2.05, 4.69) is 6.92 Å². The fourth-order valence-corrected chi connectivity index (χ4v) is 5.82. The van der Waals surface area contributed by atoms with Crippen LogP contribution in [0.4, 0.5) is 0 Å². The lowest BCUT2D eigenvalue weighted by atomic mass is 10.0. The summed E-state index contributed by atoms with van der Waals surface area (Å²) in [5.41, 5.74) is 0. The molecular weight excluding hydrogens is 470 g/mol. The Morgan fingerprint density at radius 1 is 0.778 bits per heavy atom. The van der Waals surface area contributed by atoms with Crippen molar-refractivity contribution in [3.8, 4) is 11.8 Å². The molecule has 0 aliphatic heterocycles. The minimum absolute atomic E-state index is 0.0521. The molecule has 0 radical (unpaired) electrons. The summed E-state index contributed by atoms with van der Waals surface area (Å²) in [4.78, 5) is 0.165. The van der Waals surface area contributed by atoms with E-state index in [4.69, 9.17) is 0 Å². The van der Waals surface area contributed by atoms with Crippen molar-refractivity contribution in [1.82, 2.24) is 4.57 Å². The second-order valence-electron chi connectivity index (χ2n) is 10.3. The number of hydrogen-bond acceptors (Lipinski definition) is 4. The van der Waals surface area contributed by atoms with Crippen LogP contribution in [0.25, 0.3) is 6.20 Å². The van der Waals surface area contributed by atoms with Gasteiger partial charge in [0.15, 0.2) is 5.88 Å². The molecule has 0 fully saturated rings. The van der Waals surface area contributed by atoms with Crippen LogP contribution in [0.1, 0.15) is 142 Å². The average Bonchev–Trinajstić information content (AvgIpc) is 3.15. The van der Waals surface area contributed by atoms with E-state index in [1.807, 2.05) is 13.0 Å². The largest absolute Gasteiger partial charge is 0.494 e. The van der Waals surface area contributed by atoms with Gasteiger partial charge in [-0.3, -0.25) is 8.78 Å². The van der Waals surface area contributed by atoms with E-state index >= 15 is 0 Å². The van der Waals surface area contributed by atoms with Gasteiger partial charge in [-0.2, -0.15) is 0 Å². The maximum absolute atomic E-state index is 12.3. The summed E-state index contributed by atoms with van der Waals surface area (Å²) in [7, 11) is -1.55. The second kappa shape index (κ2) is 21.8. The third-order valence-electron chi connectivity index (χ3n) is 6.99. The van der Waals surface area contributed by atoms with Crippen molar-refractivity contribution in [2.24, 2.45) is 0 Å². The van der Waals surface area contributed by atoms with Crippen LogP contribution >= 0.6 is 0 Å². The van der Waals surface area contributed by atoms with Crippen LogP contribution in [0, 0.1) is 0 Å². The molecule has 0 saturated heterocycles. The van der Waals surface area contributed by atoms with E-state index in [1.54, 1.807) is 6.20 Å². The molecule has 1 aromatic heterocycles. The number of aliphatic hydroxyl groups excluding tert-OH is 1. The first kappa shape index (κ1) is 32.8. The van der Waals surface area contributed by atoms with Crippen molar-refractivity contribution < 1.29 is 19.5 Å². The van der Waals surface area contributed by atoms with Crippen LogP contribution in [-0.2, 0) is 10.8 Å². The molecule has 0 aromatic carbocycles. The first-order valence-corrected chi connectivity index (χ1v) is 16.2. The van der Waals surface area contributed by atoms with Crippen LogP contribution in [0.2, 0.25) is 0 Å². The predicted octanol–water partition coefficient (Wildman–Crippen LogP) is 8.68. The molecule has 1 aromatic rings. The first-order chi connectivity index (χ1) is 17.5. The zero-order valence-corrected chi connectivity index (χ0v) is 24.1. The standard InChI is InChI=1S/C30H55NO4S/c1-3-5-6-7-8-9-10-11-12-13-14-15-16-17-18-19-20-21-22-23-24-31-29(33)25-28(30(31)34)36(35)26-27(32)4-2/h23-25,27,32-34H,3-22,26H2,1-2H3. The molecule has 0 aliphatic carbocycles. The van der Waals surface area contributed by atoms with Crippen LogP contribution in [0.5, 0.6) is 11.8 Å². The van der Waals surface area contributed by atoms with Crippen molar-refractivity contribution in [3.05, 3.63) is 12.1 Å². The Morgan fingerprint density at radius 3 is 1.67 bits per heavy atom. The summed E-state index contributed by atoms with van der Waals surface area (Å²) in [6, 6.07) is 1.31. The molecule has 2 atom stereocenters. The van der Waals surface area contributed by atoms with Crippen LogP contribution < -0.4 is 0 Å². The number of hydrogen-bond donors (Lipinski definition) is 3. The molecule has 210 valence electrons. The van der Waals surface area contributed by atoms with Crippen molar-refractivity contribution in [2.75, 3.05) is 5.75 Å². The molecule has 5 nitrogen and oxygen atoms in total. The van der Waals surface area contributed by atoms with Gasteiger partial charge in [0, 0.05) is 12.3 Å². The van der Waals surface area contributed by atoms with Gasteiger partial charge in [0.1, 0.15) is 4.90 Å². The lowest BCUT2D eigenvalue weighted by Crippen LogP contribution is -2.15. The van der Waals surface area contributed by atoms with Gasteiger partial charge >= 0.3 is 0 Å². The van der Waals surface area contributed by atoms with E-state index in [1.165, 1.54) is 120 Å². The zero-order valence-electron chi connectivity index (χ0n) is 23.3. The third-order valence-corrected chi connectivity index (χ3v) is 8.47. The Labute approximate surface area is 223 Å². The number of allylic oxidation sites excluding steroid dienone is 1. The molecule has 1 rings (SSSR count). The zero-order chi connectivity index (χ0) is 26.4. The molecule has 0 bridgehead atoms. The minimum atomic E-state index is -1.55. The van der Waals surface area contributed by atoms with Gasteiger partial charge in [0.05, 0.1) is 22.7 Å². The molecule has 1 heterocycles. The predicted molar refractivity (Wildman–Crippen MR) is 154 cm³/mol. The number of unbranched alkanes of at least 4 members (excludes halogenated alkanes) is 18. The highest BCUT2D eigenvalue weighted by atomic mass is 32.2. The lowest BCUT2D eigenvalue weighted by molar-refractivity contribution is 0.194. The average molecular weight is 526 g/mol. The SMILES string of the molecule is CCCCCCCCCCCCCCCCCCCCC=Cn1c(O)cc(S(=O)CC(O)CC)c1O. The Kier molecular flexibility index (Phi) is 19.8. The summed E-state index contributed by atoms with van der Waals surface area (Å²) in [5, 5.41) is 30.0. The number of aromatic hydroxyl groups is 2. The van der Waals surface area contributed by atoms with Crippen molar-refractivity contribution in [3.63, 3.8) is 0 Å². The quantitative estimate of drug-likeness (QED) is 0.118. The van der Waals surface area contributed by atoms with Gasteiger partial charge in [-0.05, 0) is 19.3 Å². The van der Waals surface area contributed by atoms with E-state index < -0.39 is 16.9 Å². The highest BCUT2D eigenvalue weighted by molar-refractivity contribution is 7.85. The number of nitrogens with zero attached hydrogens (tertiary/aromatic N) is 1. The summed E-state index contributed by atoms with van der Waals surface area (Å²) in [5.74, 6) is -0.310. The lowest BCUT2D eigenvalue weighted by Gasteiger charge is -2.06. The summed E-state index contributed by atoms with van der Waals surface area (Å²) in [6.07, 6.45) is 28.7. The van der Waals surface area contributed by atoms with Gasteiger partial charge in [-0.15, -0.1) is 0 Å². The van der Waals surface area contributed by atoms with Crippen molar-refractivity contribution in [1.29, 1.82) is 0 Å². The second-order valence-corrected chi connectivity index (χ2v) is 11.8. The molecule has 3 N–H and O–H groups in total. The van der Waals surface area contributed by atoms with Gasteiger partial charge in [-0.25, -0.2) is 0 Å². The van der Waals surface area contributed by atoms with Crippen molar-refractivity contribution >= 4 is 17.0 Å². The number of aromatic nitrogens is 1. The summed E-state index contributed by atoms with van der Waals surface area (Å²) >= 11 is 0. The van der Waals surface area contributed by atoms with Gasteiger partial charge in [-0.1, -0.05) is 129 Å². The van der Waals surface area contributed by atoms with E-state index in [-0.39, 0.29) is 22.4 Å². The topological polar surface area (TPSA) is 82.7 Å². The highest BCUT2D eigenvalue weighted by Crippen LogP contribution is 2.31. The fourth-order valence-electron chi connectivity index (χ4n) is 4.52. The van der Waals surface area contributed by atoms with E-state index in [9.17, 15) is 19.5 Å². The molecule has 0 spiro atoms. The van der Waals surface area contributed by atoms with Crippen LogP contribution in [-0.4, -0.2) is 36.0 Å². The Balaban J connectivity index is 1.99. The fraction of sp³-hybridized carbons (Fsp3) is 0.800. The maximum Gasteiger partial charge on any atom is 0.214 e. The molecule has 0 amide bonds. The molecule has 0 aliphatic rings. The third kappa shape index (κ3) is 15.1. The highest BCUT2D eigenvalue weighted by Gasteiger charge is 2.19. The van der Waals surface area contributed by atoms with Crippen LogP contribution in [0.15, 0.2) is 17.0 Å². The molecule has 36 heavy (non-hydrogen) atoms. The van der Waals surface area contributed by atoms with Gasteiger partial charge in [0.2, 0.25) is 5.88 Å². The maximum atomic E-state index is 12.3. The summed E-state index contributed by atoms with van der Waals surface area (Å²) in [6.45, 7) is 4.09. The van der Waals surface area contributed by atoms with Gasteiger partial charge < -0.3 is 15.3 Å². The number of aliphatic hydroxyl groups is 1. The number of rotatable bonds is 24. The Morgan fingerprint density at radius 2 is 1.22 bits per heavy atom. The molecule has 6 heteroatoms. The van der Waals surface area contributed by atoms with E-state index in [0.29, 0.717) is 6.42 Å². The monoisotopic (exact) mass is 525 g/mol. The smallest absolute Gasteiger partial charge is 0.214 e. The minimum Gasteiger partial charge on any atom is -0.494 e.